The quantitative estimate of drug-likeness (QED) is 0.691. The van der Waals surface area contributed by atoms with Gasteiger partial charge in [-0.1, -0.05) is 29.3 Å². The van der Waals surface area contributed by atoms with E-state index in [4.69, 9.17) is 28.9 Å². The Morgan fingerprint density at radius 3 is 2.65 bits per heavy atom. The molecule has 1 heterocycles. The number of hydrogen-bond acceptors (Lipinski definition) is 4. The van der Waals surface area contributed by atoms with Crippen LogP contribution in [0.4, 0.5) is 5.69 Å². The number of hydrogen-bond donors (Lipinski definition) is 1. The molecule has 0 unspecified atom stereocenters. The summed E-state index contributed by atoms with van der Waals surface area (Å²) in [7, 11) is 0. The SMILES string of the molecule is Nc1cccc(Cl)c1SCc1cnc(Cl)cn1. The van der Waals surface area contributed by atoms with Gasteiger partial charge >= 0.3 is 0 Å². The van der Waals surface area contributed by atoms with Gasteiger partial charge in [-0.25, -0.2) is 4.98 Å². The van der Waals surface area contributed by atoms with Crippen LogP contribution >= 0.6 is 35.0 Å². The van der Waals surface area contributed by atoms with E-state index >= 15 is 0 Å². The third kappa shape index (κ3) is 3.25. The van der Waals surface area contributed by atoms with Crippen LogP contribution in [0.2, 0.25) is 10.2 Å². The number of nitrogens with two attached hydrogens (primary N) is 1. The molecule has 0 aliphatic rings. The lowest BCUT2D eigenvalue weighted by molar-refractivity contribution is 1.10. The first-order valence-corrected chi connectivity index (χ1v) is 6.54. The standard InChI is InChI=1S/C11H9Cl2N3S/c12-8-2-1-3-9(14)11(8)17-6-7-4-16-10(13)5-15-7/h1-5H,6,14H2. The first kappa shape index (κ1) is 12.5. The maximum atomic E-state index is 6.06. The minimum atomic E-state index is 0.385. The fraction of sp³-hybridized carbons (Fsp3) is 0.0909. The van der Waals surface area contributed by atoms with Gasteiger partial charge in [-0.3, -0.25) is 4.98 Å². The van der Waals surface area contributed by atoms with E-state index < -0.39 is 0 Å². The molecule has 0 bridgehead atoms. The average molecular weight is 286 g/mol. The fourth-order valence-corrected chi connectivity index (χ4v) is 2.56. The molecule has 0 aliphatic heterocycles. The summed E-state index contributed by atoms with van der Waals surface area (Å²) < 4.78 is 0. The second kappa shape index (κ2) is 5.58. The Kier molecular flexibility index (Phi) is 4.10. The summed E-state index contributed by atoms with van der Waals surface area (Å²) in [6.45, 7) is 0. The van der Waals surface area contributed by atoms with E-state index in [0.29, 0.717) is 21.6 Å². The van der Waals surface area contributed by atoms with Crippen molar-refractivity contribution in [3.63, 3.8) is 0 Å². The topological polar surface area (TPSA) is 51.8 Å². The maximum absolute atomic E-state index is 6.06. The molecule has 0 saturated heterocycles. The summed E-state index contributed by atoms with van der Waals surface area (Å²) in [6.07, 6.45) is 3.16. The summed E-state index contributed by atoms with van der Waals surface area (Å²) in [6, 6.07) is 5.46. The molecular weight excluding hydrogens is 277 g/mol. The predicted octanol–water partition coefficient (Wildman–Crippen LogP) is 3.66. The summed E-state index contributed by atoms with van der Waals surface area (Å²) in [5.74, 6) is 0.651. The van der Waals surface area contributed by atoms with Gasteiger partial charge in [0, 0.05) is 16.3 Å². The van der Waals surface area contributed by atoms with Crippen molar-refractivity contribution < 1.29 is 0 Å². The average Bonchev–Trinajstić information content (AvgIpc) is 2.31. The van der Waals surface area contributed by atoms with Crippen LogP contribution < -0.4 is 5.73 Å². The fourth-order valence-electron chi connectivity index (χ4n) is 1.24. The van der Waals surface area contributed by atoms with Gasteiger partial charge in [0.25, 0.3) is 0 Å². The van der Waals surface area contributed by atoms with Gasteiger partial charge in [0.05, 0.1) is 23.1 Å². The van der Waals surface area contributed by atoms with E-state index in [0.717, 1.165) is 10.6 Å². The van der Waals surface area contributed by atoms with Crippen molar-refractivity contribution in [3.8, 4) is 0 Å². The van der Waals surface area contributed by atoms with Gasteiger partial charge in [0.1, 0.15) is 5.15 Å². The molecule has 2 rings (SSSR count). The molecular formula is C11H9Cl2N3S. The number of nitrogen functional groups attached to an aromatic ring is 1. The Morgan fingerprint density at radius 1 is 1.18 bits per heavy atom. The lowest BCUT2D eigenvalue weighted by Gasteiger charge is -2.06. The van der Waals surface area contributed by atoms with E-state index in [1.807, 2.05) is 18.2 Å². The van der Waals surface area contributed by atoms with E-state index in [9.17, 15) is 0 Å². The number of aromatic nitrogens is 2. The molecule has 1 aromatic heterocycles. The monoisotopic (exact) mass is 285 g/mol. The van der Waals surface area contributed by atoms with Crippen molar-refractivity contribution >= 4 is 40.7 Å². The highest BCUT2D eigenvalue weighted by Crippen LogP contribution is 2.33. The van der Waals surface area contributed by atoms with Gasteiger partial charge in [0.15, 0.2) is 0 Å². The Bertz CT molecular complexity index is 496. The van der Waals surface area contributed by atoms with Crippen LogP contribution in [0.3, 0.4) is 0 Å². The first-order chi connectivity index (χ1) is 8.16. The van der Waals surface area contributed by atoms with Crippen molar-refractivity contribution in [2.75, 3.05) is 5.73 Å². The third-order valence-corrected chi connectivity index (χ3v) is 3.84. The largest absolute Gasteiger partial charge is 0.398 e. The molecule has 0 atom stereocenters. The lowest BCUT2D eigenvalue weighted by atomic mass is 10.3. The number of anilines is 1. The Morgan fingerprint density at radius 2 is 2.00 bits per heavy atom. The van der Waals surface area contributed by atoms with Gasteiger partial charge < -0.3 is 5.73 Å². The van der Waals surface area contributed by atoms with E-state index in [2.05, 4.69) is 9.97 Å². The molecule has 0 spiro atoms. The molecule has 1 aromatic carbocycles. The lowest BCUT2D eigenvalue weighted by Crippen LogP contribution is -1.92. The van der Waals surface area contributed by atoms with Gasteiger partial charge in [-0.05, 0) is 12.1 Å². The summed E-state index contributed by atoms with van der Waals surface area (Å²) >= 11 is 13.3. The normalized spacial score (nSPS) is 10.5. The van der Waals surface area contributed by atoms with Crippen molar-refractivity contribution in [1.82, 2.24) is 9.97 Å². The summed E-state index contributed by atoms with van der Waals surface area (Å²) in [5.41, 5.74) is 7.35. The highest BCUT2D eigenvalue weighted by molar-refractivity contribution is 7.98. The Labute approximate surface area is 113 Å². The third-order valence-electron chi connectivity index (χ3n) is 2.04. The number of halogens is 2. The molecule has 2 N–H and O–H groups in total. The van der Waals surface area contributed by atoms with Gasteiger partial charge in [-0.15, -0.1) is 11.8 Å². The van der Waals surface area contributed by atoms with Crippen LogP contribution in [-0.2, 0) is 5.75 Å². The van der Waals surface area contributed by atoms with E-state index in [-0.39, 0.29) is 0 Å². The number of nitrogens with zero attached hydrogens (tertiary/aromatic N) is 2. The van der Waals surface area contributed by atoms with Crippen molar-refractivity contribution in [2.24, 2.45) is 0 Å². The minimum absolute atomic E-state index is 0.385. The van der Waals surface area contributed by atoms with Crippen molar-refractivity contribution in [3.05, 3.63) is 46.5 Å². The maximum Gasteiger partial charge on any atom is 0.147 e. The molecule has 6 heteroatoms. The zero-order chi connectivity index (χ0) is 12.3. The van der Waals surface area contributed by atoms with Gasteiger partial charge in [0.2, 0.25) is 0 Å². The Balaban J connectivity index is 2.10. The summed E-state index contributed by atoms with van der Waals surface area (Å²) in [5, 5.41) is 1.04. The van der Waals surface area contributed by atoms with Gasteiger partial charge in [-0.2, -0.15) is 0 Å². The number of rotatable bonds is 3. The molecule has 3 nitrogen and oxygen atoms in total. The zero-order valence-corrected chi connectivity index (χ0v) is 11.1. The molecule has 0 aliphatic carbocycles. The van der Waals surface area contributed by atoms with Crippen LogP contribution in [0.5, 0.6) is 0 Å². The number of benzene rings is 1. The zero-order valence-electron chi connectivity index (χ0n) is 8.73. The second-order valence-electron chi connectivity index (χ2n) is 3.28. The first-order valence-electron chi connectivity index (χ1n) is 4.80. The molecule has 2 aromatic rings. The van der Waals surface area contributed by atoms with E-state index in [1.165, 1.54) is 18.0 Å². The van der Waals surface area contributed by atoms with Crippen molar-refractivity contribution in [1.29, 1.82) is 0 Å². The molecule has 88 valence electrons. The van der Waals surface area contributed by atoms with Crippen LogP contribution in [0.1, 0.15) is 5.69 Å². The highest BCUT2D eigenvalue weighted by Gasteiger charge is 2.06. The van der Waals surface area contributed by atoms with E-state index in [1.54, 1.807) is 6.20 Å². The van der Waals surface area contributed by atoms with Crippen molar-refractivity contribution in [2.45, 2.75) is 10.6 Å². The Hall–Kier alpha value is -0.970. The molecule has 0 amide bonds. The molecule has 17 heavy (non-hydrogen) atoms. The van der Waals surface area contributed by atoms with Crippen LogP contribution in [-0.4, -0.2) is 9.97 Å². The van der Waals surface area contributed by atoms with Crippen LogP contribution in [0, 0.1) is 0 Å². The minimum Gasteiger partial charge on any atom is -0.398 e. The number of thioether (sulfide) groups is 1. The summed E-state index contributed by atoms with van der Waals surface area (Å²) in [4.78, 5) is 8.98. The van der Waals surface area contributed by atoms with Crippen LogP contribution in [0.25, 0.3) is 0 Å². The molecule has 0 radical (unpaired) electrons. The second-order valence-corrected chi connectivity index (χ2v) is 5.06. The molecule has 0 fully saturated rings. The predicted molar refractivity (Wildman–Crippen MR) is 72.5 cm³/mol. The molecule has 0 saturated carbocycles. The van der Waals surface area contributed by atoms with Crippen LogP contribution in [0.15, 0.2) is 35.5 Å². The smallest absolute Gasteiger partial charge is 0.147 e. The highest BCUT2D eigenvalue weighted by atomic mass is 35.5.